The number of carbonyl (C=O) groups is 1. The number of H-pyrrole nitrogens is 1. The van der Waals surface area contributed by atoms with Gasteiger partial charge in [-0.15, -0.1) is 5.54 Å². The minimum Gasteiger partial charge on any atom is -0.379 e. The summed E-state index contributed by atoms with van der Waals surface area (Å²) in [4.78, 5) is 23.0. The van der Waals surface area contributed by atoms with Crippen LogP contribution in [0.15, 0.2) is 30.3 Å². The standard InChI is InChI=1S/C34H43N3O2Si/c1-7-24-21-27-28(22-30(24)37-13-10-25(11-14-37)36-15-17-39-18-16-36)34(2,3)33-31(32(27)38)26-9-8-23(20-29(26)35-33)12-19-40(4,5)6/h8-9,20-22,25,35H,7,10-11,13-18H2,1-6H3. The van der Waals surface area contributed by atoms with Crippen molar-refractivity contribution in [1.29, 1.82) is 0 Å². The smallest absolute Gasteiger partial charge is 0.195 e. The third kappa shape index (κ3) is 4.83. The molecular formula is C34H43N3O2Si. The van der Waals surface area contributed by atoms with Crippen LogP contribution in [-0.4, -0.2) is 69.2 Å². The third-order valence-corrected chi connectivity index (χ3v) is 9.99. The number of fused-ring (bicyclic) bond motifs is 4. The Morgan fingerprint density at radius 2 is 1.77 bits per heavy atom. The van der Waals surface area contributed by atoms with Crippen LogP contribution in [0.1, 0.15) is 71.9 Å². The Bertz CT molecular complexity index is 1520. The highest BCUT2D eigenvalue weighted by molar-refractivity contribution is 6.83. The van der Waals surface area contributed by atoms with E-state index in [1.807, 2.05) is 0 Å². The van der Waals surface area contributed by atoms with Gasteiger partial charge in [-0.1, -0.05) is 52.4 Å². The van der Waals surface area contributed by atoms with E-state index < -0.39 is 8.07 Å². The average Bonchev–Trinajstić information content (AvgIpc) is 3.35. The predicted octanol–water partition coefficient (Wildman–Crippen LogP) is 6.13. The van der Waals surface area contributed by atoms with Gasteiger partial charge in [0.05, 0.1) is 18.8 Å². The SMILES string of the molecule is CCc1cc2c(cc1N1CCC(N3CCOCC3)CC1)C(C)(C)c1[nH]c3cc(C#C[Si](C)(C)C)ccc3c1C2=O. The zero-order valence-electron chi connectivity index (χ0n) is 25.0. The van der Waals surface area contributed by atoms with E-state index in [2.05, 4.69) is 97.0 Å². The van der Waals surface area contributed by atoms with Crippen molar-refractivity contribution >= 4 is 30.4 Å². The van der Waals surface area contributed by atoms with Gasteiger partial charge in [-0.25, -0.2) is 0 Å². The van der Waals surface area contributed by atoms with E-state index in [1.54, 1.807) is 0 Å². The van der Waals surface area contributed by atoms with Gasteiger partial charge in [0.25, 0.3) is 0 Å². The Morgan fingerprint density at radius 3 is 2.45 bits per heavy atom. The van der Waals surface area contributed by atoms with Gasteiger partial charge in [-0.3, -0.25) is 9.69 Å². The van der Waals surface area contributed by atoms with Crippen LogP contribution in [0.2, 0.25) is 19.6 Å². The van der Waals surface area contributed by atoms with E-state index in [0.717, 1.165) is 84.7 Å². The largest absolute Gasteiger partial charge is 0.379 e. The van der Waals surface area contributed by atoms with E-state index in [4.69, 9.17) is 4.74 Å². The first-order valence-corrected chi connectivity index (χ1v) is 18.5. The molecule has 1 aliphatic carbocycles. The number of aromatic amines is 1. The number of aryl methyl sites for hydroxylation is 1. The van der Waals surface area contributed by atoms with Gasteiger partial charge >= 0.3 is 0 Å². The number of hydrogen-bond acceptors (Lipinski definition) is 4. The van der Waals surface area contributed by atoms with Crippen molar-refractivity contribution < 1.29 is 9.53 Å². The van der Waals surface area contributed by atoms with Gasteiger partial charge in [0.15, 0.2) is 5.78 Å². The number of benzene rings is 2. The second-order valence-corrected chi connectivity index (χ2v) is 18.1. The Labute approximate surface area is 240 Å². The van der Waals surface area contributed by atoms with Gasteiger partial charge in [0.1, 0.15) is 8.07 Å². The van der Waals surface area contributed by atoms with Gasteiger partial charge in [-0.2, -0.15) is 0 Å². The summed E-state index contributed by atoms with van der Waals surface area (Å²) in [7, 11) is -1.47. The highest BCUT2D eigenvalue weighted by Crippen LogP contribution is 2.46. The maximum absolute atomic E-state index is 14.1. The Morgan fingerprint density at radius 1 is 1.05 bits per heavy atom. The molecule has 0 bridgehead atoms. The molecule has 0 spiro atoms. The molecule has 5 nitrogen and oxygen atoms in total. The van der Waals surface area contributed by atoms with Gasteiger partial charge in [-0.05, 0) is 54.7 Å². The topological polar surface area (TPSA) is 48.6 Å². The van der Waals surface area contributed by atoms with Gasteiger partial charge in [0.2, 0.25) is 0 Å². The minimum absolute atomic E-state index is 0.142. The van der Waals surface area contributed by atoms with Crippen LogP contribution in [0.3, 0.4) is 0 Å². The molecule has 1 N–H and O–H groups in total. The number of nitrogens with zero attached hydrogens (tertiary/aromatic N) is 2. The average molecular weight is 554 g/mol. The van der Waals surface area contributed by atoms with Gasteiger partial charge in [0, 0.05) is 71.0 Å². The number of hydrogen-bond donors (Lipinski definition) is 1. The summed E-state index contributed by atoms with van der Waals surface area (Å²) in [6, 6.07) is 11.5. The number of carbonyl (C=O) groups excluding carboxylic acids is 1. The molecule has 0 radical (unpaired) electrons. The number of rotatable bonds is 3. The summed E-state index contributed by atoms with van der Waals surface area (Å²) in [6.45, 7) is 19.5. The predicted molar refractivity (Wildman–Crippen MR) is 168 cm³/mol. The zero-order chi connectivity index (χ0) is 28.2. The number of morpholine rings is 1. The minimum atomic E-state index is -1.47. The first-order chi connectivity index (χ1) is 19.1. The highest BCUT2D eigenvalue weighted by atomic mass is 28.3. The van der Waals surface area contributed by atoms with Crippen molar-refractivity contribution in [3.8, 4) is 11.5 Å². The summed E-state index contributed by atoms with van der Waals surface area (Å²) in [6.07, 6.45) is 3.27. The van der Waals surface area contributed by atoms with E-state index in [1.165, 1.54) is 24.1 Å². The molecule has 3 aliphatic rings. The summed E-state index contributed by atoms with van der Waals surface area (Å²) in [5.74, 6) is 3.52. The molecule has 1 aromatic heterocycles. The van der Waals surface area contributed by atoms with Crippen LogP contribution in [0.25, 0.3) is 10.9 Å². The van der Waals surface area contributed by atoms with Crippen molar-refractivity contribution in [2.45, 2.75) is 71.1 Å². The fourth-order valence-electron chi connectivity index (χ4n) is 6.84. The van der Waals surface area contributed by atoms with Crippen LogP contribution >= 0.6 is 0 Å². The van der Waals surface area contributed by atoms with E-state index in [0.29, 0.717) is 6.04 Å². The van der Waals surface area contributed by atoms with E-state index >= 15 is 0 Å². The lowest BCUT2D eigenvalue weighted by Gasteiger charge is -2.42. The molecule has 6 rings (SSSR count). The second kappa shape index (κ2) is 10.2. The third-order valence-electron chi connectivity index (χ3n) is 9.12. The number of ketones is 1. The molecule has 2 saturated heterocycles. The van der Waals surface area contributed by atoms with Crippen molar-refractivity contribution in [2.75, 3.05) is 44.3 Å². The first kappa shape index (κ1) is 27.3. The fourth-order valence-corrected chi connectivity index (χ4v) is 7.36. The quantitative estimate of drug-likeness (QED) is 0.313. The summed E-state index contributed by atoms with van der Waals surface area (Å²) in [5, 5.41) is 1.00. The molecule has 3 aromatic rings. The Hall–Kier alpha value is -2.85. The summed E-state index contributed by atoms with van der Waals surface area (Å²) in [5.41, 5.74) is 11.6. The van der Waals surface area contributed by atoms with Crippen molar-refractivity contribution in [3.05, 3.63) is 63.8 Å². The molecule has 0 amide bonds. The van der Waals surface area contributed by atoms with Crippen molar-refractivity contribution in [2.24, 2.45) is 0 Å². The lowest BCUT2D eigenvalue weighted by molar-refractivity contribution is 0.0115. The second-order valence-electron chi connectivity index (χ2n) is 13.3. The maximum atomic E-state index is 14.1. The molecule has 3 heterocycles. The number of aromatic nitrogens is 1. The molecule has 6 heteroatoms. The van der Waals surface area contributed by atoms with Crippen LogP contribution in [-0.2, 0) is 16.6 Å². The molecule has 2 aliphatic heterocycles. The summed E-state index contributed by atoms with van der Waals surface area (Å²) < 4.78 is 5.58. The number of nitrogens with one attached hydrogen (secondary N) is 1. The monoisotopic (exact) mass is 553 g/mol. The number of anilines is 1. The molecular weight excluding hydrogens is 510 g/mol. The van der Waals surface area contributed by atoms with Crippen molar-refractivity contribution in [3.63, 3.8) is 0 Å². The van der Waals surface area contributed by atoms with Crippen LogP contribution in [0.5, 0.6) is 0 Å². The highest BCUT2D eigenvalue weighted by Gasteiger charge is 2.40. The number of piperidine rings is 1. The lowest BCUT2D eigenvalue weighted by atomic mass is 9.70. The van der Waals surface area contributed by atoms with Crippen LogP contribution < -0.4 is 4.90 Å². The maximum Gasteiger partial charge on any atom is 0.195 e. The summed E-state index contributed by atoms with van der Waals surface area (Å²) >= 11 is 0. The normalized spacial score (nSPS) is 19.8. The van der Waals surface area contributed by atoms with Crippen molar-refractivity contribution in [1.82, 2.24) is 9.88 Å². The molecule has 2 fully saturated rings. The molecule has 0 saturated carbocycles. The van der Waals surface area contributed by atoms with E-state index in [9.17, 15) is 4.79 Å². The molecule has 2 aromatic carbocycles. The number of ether oxygens (including phenoxy) is 1. The Balaban J connectivity index is 1.35. The molecule has 210 valence electrons. The first-order valence-electron chi connectivity index (χ1n) is 15.0. The molecule has 0 unspecified atom stereocenters. The van der Waals surface area contributed by atoms with Crippen LogP contribution in [0.4, 0.5) is 5.69 Å². The zero-order valence-corrected chi connectivity index (χ0v) is 26.0. The molecule has 0 atom stereocenters. The lowest BCUT2D eigenvalue weighted by Crippen LogP contribution is -2.49. The molecule has 40 heavy (non-hydrogen) atoms. The van der Waals surface area contributed by atoms with Gasteiger partial charge < -0.3 is 14.6 Å². The Kier molecular flexibility index (Phi) is 6.97. The fraction of sp³-hybridized carbons (Fsp3) is 0.500. The van der Waals surface area contributed by atoms with Crippen LogP contribution in [0, 0.1) is 11.5 Å². The van der Waals surface area contributed by atoms with E-state index in [-0.39, 0.29) is 11.2 Å².